The van der Waals surface area contributed by atoms with E-state index in [0.29, 0.717) is 29.5 Å². The lowest BCUT2D eigenvalue weighted by atomic mass is 10.2. The first-order valence-corrected chi connectivity index (χ1v) is 8.58. The van der Waals surface area contributed by atoms with Crippen molar-refractivity contribution in [3.8, 4) is 5.75 Å². The highest BCUT2D eigenvalue weighted by Crippen LogP contribution is 2.18. The Morgan fingerprint density at radius 2 is 1.81 bits per heavy atom. The van der Waals surface area contributed by atoms with Crippen molar-refractivity contribution in [1.29, 1.82) is 0 Å². The standard InChI is InChI=1S/C20H19ClN2O3/c1-13-19(14(2)26-23-13)12-25-18-9-5-16(6-10-18)20(24)22-11-15-3-7-17(21)8-4-15/h3-10H,11-12H2,1-2H3,(H,22,24). The van der Waals surface area contributed by atoms with Gasteiger partial charge in [0.25, 0.3) is 5.91 Å². The topological polar surface area (TPSA) is 64.4 Å². The van der Waals surface area contributed by atoms with Gasteiger partial charge in [-0.3, -0.25) is 4.79 Å². The van der Waals surface area contributed by atoms with Gasteiger partial charge >= 0.3 is 0 Å². The van der Waals surface area contributed by atoms with Gasteiger partial charge in [-0.2, -0.15) is 0 Å². The second-order valence-corrected chi connectivity index (χ2v) is 6.36. The molecule has 1 N–H and O–H groups in total. The Balaban J connectivity index is 1.55. The highest BCUT2D eigenvalue weighted by atomic mass is 35.5. The SMILES string of the molecule is Cc1noc(C)c1COc1ccc(C(=O)NCc2ccc(Cl)cc2)cc1. The van der Waals surface area contributed by atoms with E-state index in [0.717, 1.165) is 22.6 Å². The van der Waals surface area contributed by atoms with Crippen LogP contribution in [-0.4, -0.2) is 11.1 Å². The average molecular weight is 371 g/mol. The summed E-state index contributed by atoms with van der Waals surface area (Å²) in [5.74, 6) is 1.29. The van der Waals surface area contributed by atoms with Crippen molar-refractivity contribution < 1.29 is 14.1 Å². The molecule has 0 atom stereocenters. The van der Waals surface area contributed by atoms with Crippen LogP contribution in [0.25, 0.3) is 0 Å². The molecule has 0 spiro atoms. The molecular formula is C20H19ClN2O3. The molecule has 0 bridgehead atoms. The van der Waals surface area contributed by atoms with E-state index < -0.39 is 0 Å². The van der Waals surface area contributed by atoms with Gasteiger partial charge in [-0.1, -0.05) is 28.9 Å². The molecule has 26 heavy (non-hydrogen) atoms. The van der Waals surface area contributed by atoms with Crippen LogP contribution in [0, 0.1) is 13.8 Å². The van der Waals surface area contributed by atoms with Crippen LogP contribution in [0.3, 0.4) is 0 Å². The monoisotopic (exact) mass is 370 g/mol. The summed E-state index contributed by atoms with van der Waals surface area (Å²) in [4.78, 5) is 12.2. The highest BCUT2D eigenvalue weighted by Gasteiger charge is 2.10. The van der Waals surface area contributed by atoms with E-state index in [1.165, 1.54) is 0 Å². The number of nitrogens with one attached hydrogen (secondary N) is 1. The van der Waals surface area contributed by atoms with Crippen LogP contribution >= 0.6 is 11.6 Å². The van der Waals surface area contributed by atoms with Gasteiger partial charge in [0.05, 0.1) is 11.3 Å². The molecule has 0 saturated carbocycles. The third-order valence-electron chi connectivity index (χ3n) is 4.05. The second kappa shape index (κ2) is 8.06. The molecule has 1 heterocycles. The van der Waals surface area contributed by atoms with Crippen LogP contribution in [-0.2, 0) is 13.2 Å². The summed E-state index contributed by atoms with van der Waals surface area (Å²) in [7, 11) is 0. The van der Waals surface area contributed by atoms with E-state index in [9.17, 15) is 4.79 Å². The molecule has 6 heteroatoms. The maximum Gasteiger partial charge on any atom is 0.251 e. The minimum absolute atomic E-state index is 0.141. The number of ether oxygens (including phenoxy) is 1. The Bertz CT molecular complexity index is 867. The summed E-state index contributed by atoms with van der Waals surface area (Å²) in [6.07, 6.45) is 0. The van der Waals surface area contributed by atoms with E-state index in [1.807, 2.05) is 26.0 Å². The number of rotatable bonds is 6. The molecule has 0 aliphatic carbocycles. The average Bonchev–Trinajstić information content (AvgIpc) is 2.97. The number of carbonyl (C=O) groups is 1. The maximum atomic E-state index is 12.2. The van der Waals surface area contributed by atoms with Crippen LogP contribution < -0.4 is 10.1 Å². The highest BCUT2D eigenvalue weighted by molar-refractivity contribution is 6.30. The third-order valence-corrected chi connectivity index (χ3v) is 4.30. The van der Waals surface area contributed by atoms with E-state index in [-0.39, 0.29) is 5.91 Å². The zero-order valence-corrected chi connectivity index (χ0v) is 15.3. The third kappa shape index (κ3) is 4.43. The molecule has 0 saturated heterocycles. The summed E-state index contributed by atoms with van der Waals surface area (Å²) in [6.45, 7) is 4.56. The maximum absolute atomic E-state index is 12.2. The number of aromatic nitrogens is 1. The van der Waals surface area contributed by atoms with Gasteiger partial charge in [0.15, 0.2) is 0 Å². The number of halogens is 1. The molecule has 1 amide bonds. The van der Waals surface area contributed by atoms with Crippen molar-refractivity contribution in [3.05, 3.63) is 81.7 Å². The minimum atomic E-state index is -0.141. The lowest BCUT2D eigenvalue weighted by Gasteiger charge is -2.08. The van der Waals surface area contributed by atoms with Crippen molar-refractivity contribution in [2.45, 2.75) is 27.0 Å². The molecule has 0 unspecified atom stereocenters. The Labute approximate surface area is 156 Å². The fourth-order valence-electron chi connectivity index (χ4n) is 2.45. The molecule has 0 aliphatic rings. The van der Waals surface area contributed by atoms with Gasteiger partial charge in [0.1, 0.15) is 18.1 Å². The van der Waals surface area contributed by atoms with Gasteiger partial charge in [-0.05, 0) is 55.8 Å². The van der Waals surface area contributed by atoms with Crippen LogP contribution in [0.15, 0.2) is 53.1 Å². The molecule has 2 aromatic carbocycles. The molecule has 5 nitrogen and oxygen atoms in total. The molecule has 0 radical (unpaired) electrons. The number of carbonyl (C=O) groups excluding carboxylic acids is 1. The Kier molecular flexibility index (Phi) is 5.58. The van der Waals surface area contributed by atoms with Crippen LogP contribution in [0.2, 0.25) is 5.02 Å². The van der Waals surface area contributed by atoms with Crippen molar-refractivity contribution in [3.63, 3.8) is 0 Å². The van der Waals surface area contributed by atoms with Crippen LogP contribution in [0.4, 0.5) is 0 Å². The van der Waals surface area contributed by atoms with E-state index in [2.05, 4.69) is 10.5 Å². The predicted molar refractivity (Wildman–Crippen MR) is 99.4 cm³/mol. The molecule has 3 aromatic rings. The summed E-state index contributed by atoms with van der Waals surface area (Å²) < 4.78 is 10.9. The summed E-state index contributed by atoms with van der Waals surface area (Å²) in [6, 6.07) is 14.4. The second-order valence-electron chi connectivity index (χ2n) is 5.92. The van der Waals surface area contributed by atoms with E-state index >= 15 is 0 Å². The zero-order valence-electron chi connectivity index (χ0n) is 14.6. The number of nitrogens with zero attached hydrogens (tertiary/aromatic N) is 1. The van der Waals surface area contributed by atoms with Crippen molar-refractivity contribution in [1.82, 2.24) is 10.5 Å². The van der Waals surface area contributed by atoms with Gasteiger partial charge < -0.3 is 14.6 Å². The first kappa shape index (κ1) is 18.0. The number of aryl methyl sites for hydroxylation is 2. The normalized spacial score (nSPS) is 10.6. The predicted octanol–water partition coefficient (Wildman–Crippen LogP) is 4.45. The van der Waals surface area contributed by atoms with E-state index in [1.54, 1.807) is 36.4 Å². The largest absolute Gasteiger partial charge is 0.489 e. The number of amides is 1. The molecular weight excluding hydrogens is 352 g/mol. The van der Waals surface area contributed by atoms with Crippen LogP contribution in [0.1, 0.15) is 32.9 Å². The fourth-order valence-corrected chi connectivity index (χ4v) is 2.58. The molecule has 3 rings (SSSR count). The lowest BCUT2D eigenvalue weighted by molar-refractivity contribution is 0.0951. The lowest BCUT2D eigenvalue weighted by Crippen LogP contribution is -2.22. The van der Waals surface area contributed by atoms with Gasteiger partial charge in [0, 0.05) is 17.1 Å². The quantitative estimate of drug-likeness (QED) is 0.696. The van der Waals surface area contributed by atoms with Crippen molar-refractivity contribution in [2.75, 3.05) is 0 Å². The fraction of sp³-hybridized carbons (Fsp3) is 0.200. The molecule has 0 fully saturated rings. The summed E-state index contributed by atoms with van der Waals surface area (Å²) in [5.41, 5.74) is 3.32. The first-order valence-electron chi connectivity index (χ1n) is 8.20. The van der Waals surface area contributed by atoms with Crippen LogP contribution in [0.5, 0.6) is 5.75 Å². The summed E-state index contributed by atoms with van der Waals surface area (Å²) in [5, 5.41) is 7.45. The molecule has 0 aliphatic heterocycles. The van der Waals surface area contributed by atoms with E-state index in [4.69, 9.17) is 20.9 Å². The number of hydrogen-bond donors (Lipinski definition) is 1. The Morgan fingerprint density at radius 1 is 1.12 bits per heavy atom. The minimum Gasteiger partial charge on any atom is -0.489 e. The zero-order chi connectivity index (χ0) is 18.5. The Morgan fingerprint density at radius 3 is 2.42 bits per heavy atom. The Hall–Kier alpha value is -2.79. The van der Waals surface area contributed by atoms with Gasteiger partial charge in [-0.15, -0.1) is 0 Å². The van der Waals surface area contributed by atoms with Crippen molar-refractivity contribution >= 4 is 17.5 Å². The van der Waals surface area contributed by atoms with Crippen molar-refractivity contribution in [2.24, 2.45) is 0 Å². The molecule has 134 valence electrons. The van der Waals surface area contributed by atoms with Gasteiger partial charge in [0.2, 0.25) is 0 Å². The number of hydrogen-bond acceptors (Lipinski definition) is 4. The summed E-state index contributed by atoms with van der Waals surface area (Å²) >= 11 is 5.85. The smallest absolute Gasteiger partial charge is 0.251 e. The van der Waals surface area contributed by atoms with Gasteiger partial charge in [-0.25, -0.2) is 0 Å². The molecule has 1 aromatic heterocycles. The number of benzene rings is 2. The first-order chi connectivity index (χ1) is 12.5.